The van der Waals surface area contributed by atoms with E-state index in [9.17, 15) is 0 Å². The van der Waals surface area contributed by atoms with Crippen LogP contribution >= 0.6 is 23.8 Å². The largest absolute Gasteiger partial charge is 0.359 e. The summed E-state index contributed by atoms with van der Waals surface area (Å²) in [7, 11) is 0. The van der Waals surface area contributed by atoms with E-state index in [1.165, 1.54) is 0 Å². The lowest BCUT2D eigenvalue weighted by Crippen LogP contribution is -2.34. The van der Waals surface area contributed by atoms with Crippen LogP contribution < -0.4 is 10.6 Å². The molecule has 0 amide bonds. The molecule has 0 bridgehead atoms. The number of para-hydroxylation sites is 1. The fraction of sp³-hybridized carbons (Fsp3) is 0.0833. The van der Waals surface area contributed by atoms with Gasteiger partial charge >= 0.3 is 0 Å². The molecule has 0 aliphatic heterocycles. The predicted octanol–water partition coefficient (Wildman–Crippen LogP) is 5.36. The smallest absolute Gasteiger partial charge is 0.166 e. The third kappa shape index (κ3) is 5.06. The summed E-state index contributed by atoms with van der Waals surface area (Å²) in [4.78, 5) is 0. The van der Waals surface area contributed by atoms with Gasteiger partial charge in [-0.05, 0) is 42.0 Å². The van der Waals surface area contributed by atoms with E-state index in [0.29, 0.717) is 18.2 Å². The molecular weight excluding hydrogens is 412 g/mol. The molecule has 0 atom stereocenters. The first-order valence-electron chi connectivity index (χ1n) is 9.64. The van der Waals surface area contributed by atoms with E-state index >= 15 is 0 Å². The number of rotatable bonds is 6. The van der Waals surface area contributed by atoms with Crippen LogP contribution in [-0.2, 0) is 13.1 Å². The molecule has 0 fully saturated rings. The Balaban J connectivity index is 1.47. The van der Waals surface area contributed by atoms with Gasteiger partial charge in [-0.1, -0.05) is 72.3 Å². The lowest BCUT2D eigenvalue weighted by atomic mass is 10.1. The maximum Gasteiger partial charge on any atom is 0.166 e. The van der Waals surface area contributed by atoms with Gasteiger partial charge < -0.3 is 10.6 Å². The SMILES string of the molecule is S=C(NCc1ccc(Cl)cc1)NCc1cn(-c2ccccc2)nc1-c1ccccc1. The van der Waals surface area contributed by atoms with E-state index in [4.69, 9.17) is 28.9 Å². The minimum atomic E-state index is 0.573. The van der Waals surface area contributed by atoms with Crippen LogP contribution in [0.4, 0.5) is 0 Å². The normalized spacial score (nSPS) is 10.6. The third-order valence-corrected chi connectivity index (χ3v) is 5.20. The molecule has 0 radical (unpaired) electrons. The van der Waals surface area contributed by atoms with E-state index in [2.05, 4.69) is 22.8 Å². The van der Waals surface area contributed by atoms with Crippen molar-refractivity contribution in [3.63, 3.8) is 0 Å². The second-order valence-electron chi connectivity index (χ2n) is 6.81. The summed E-state index contributed by atoms with van der Waals surface area (Å²) in [5.41, 5.74) is 5.21. The van der Waals surface area contributed by atoms with Crippen LogP contribution in [0.1, 0.15) is 11.1 Å². The number of aromatic nitrogens is 2. The van der Waals surface area contributed by atoms with Gasteiger partial charge in [0.1, 0.15) is 0 Å². The Kier molecular flexibility index (Phi) is 6.42. The summed E-state index contributed by atoms with van der Waals surface area (Å²) in [5, 5.41) is 12.7. The van der Waals surface area contributed by atoms with E-state index in [1.807, 2.05) is 83.7 Å². The average molecular weight is 433 g/mol. The first kappa shape index (κ1) is 20.1. The molecule has 1 heterocycles. The molecule has 3 aromatic carbocycles. The van der Waals surface area contributed by atoms with E-state index in [1.54, 1.807) is 0 Å². The lowest BCUT2D eigenvalue weighted by Gasteiger charge is -2.11. The Bertz CT molecular complexity index is 1110. The van der Waals surface area contributed by atoms with Crippen LogP contribution in [0.25, 0.3) is 16.9 Å². The Labute approximate surface area is 186 Å². The number of benzene rings is 3. The number of hydrogen-bond donors (Lipinski definition) is 2. The number of nitrogens with zero attached hydrogens (tertiary/aromatic N) is 2. The Morgan fingerprint density at radius 2 is 1.47 bits per heavy atom. The molecule has 4 aromatic rings. The molecule has 0 aliphatic rings. The minimum absolute atomic E-state index is 0.573. The minimum Gasteiger partial charge on any atom is -0.359 e. The van der Waals surface area contributed by atoms with E-state index in [0.717, 1.165) is 33.1 Å². The highest BCUT2D eigenvalue weighted by atomic mass is 35.5. The van der Waals surface area contributed by atoms with Crippen LogP contribution in [-0.4, -0.2) is 14.9 Å². The van der Waals surface area contributed by atoms with Gasteiger partial charge in [0.15, 0.2) is 5.11 Å². The molecule has 150 valence electrons. The van der Waals surface area contributed by atoms with E-state index in [-0.39, 0.29) is 0 Å². The van der Waals surface area contributed by atoms with Gasteiger partial charge in [0.2, 0.25) is 0 Å². The zero-order valence-corrected chi connectivity index (χ0v) is 17.8. The van der Waals surface area contributed by atoms with Crippen molar-refractivity contribution in [3.05, 3.63) is 107 Å². The molecule has 30 heavy (non-hydrogen) atoms. The second kappa shape index (κ2) is 9.57. The van der Waals surface area contributed by atoms with Crippen LogP contribution in [0.3, 0.4) is 0 Å². The summed E-state index contributed by atoms with van der Waals surface area (Å²) in [6, 6.07) is 28.0. The number of thiocarbonyl (C=S) groups is 1. The van der Waals surface area contributed by atoms with Gasteiger partial charge in [-0.15, -0.1) is 0 Å². The van der Waals surface area contributed by atoms with Crippen LogP contribution in [0.15, 0.2) is 91.1 Å². The van der Waals surface area contributed by atoms with Crippen molar-refractivity contribution >= 4 is 28.9 Å². The molecule has 0 unspecified atom stereocenters. The Hall–Kier alpha value is -3.15. The summed E-state index contributed by atoms with van der Waals surface area (Å²) in [5.74, 6) is 0. The van der Waals surface area contributed by atoms with Gasteiger partial charge in [-0.25, -0.2) is 4.68 Å². The van der Waals surface area contributed by atoms with Crippen LogP contribution in [0.2, 0.25) is 5.02 Å². The average Bonchev–Trinajstić information content (AvgIpc) is 3.23. The Morgan fingerprint density at radius 3 is 2.17 bits per heavy atom. The topological polar surface area (TPSA) is 41.9 Å². The first-order chi connectivity index (χ1) is 14.7. The molecule has 4 rings (SSSR count). The summed E-state index contributed by atoms with van der Waals surface area (Å²) >= 11 is 11.4. The molecule has 2 N–H and O–H groups in total. The van der Waals surface area contributed by atoms with Crippen molar-refractivity contribution in [3.8, 4) is 16.9 Å². The summed E-state index contributed by atoms with van der Waals surface area (Å²) < 4.78 is 1.91. The highest BCUT2D eigenvalue weighted by Gasteiger charge is 2.12. The standard InChI is InChI=1S/C24H21ClN4S/c25-21-13-11-18(12-14-21)15-26-24(30)27-16-20-17-29(22-9-5-2-6-10-22)28-23(20)19-7-3-1-4-8-19/h1-14,17H,15-16H2,(H2,26,27,30). The molecule has 6 heteroatoms. The Morgan fingerprint density at radius 1 is 0.833 bits per heavy atom. The summed E-state index contributed by atoms with van der Waals surface area (Å²) in [6.45, 7) is 1.21. The van der Waals surface area contributed by atoms with Gasteiger partial charge in [0.25, 0.3) is 0 Å². The maximum absolute atomic E-state index is 5.94. The second-order valence-corrected chi connectivity index (χ2v) is 7.66. The first-order valence-corrected chi connectivity index (χ1v) is 10.4. The van der Waals surface area contributed by atoms with Crippen LogP contribution in [0, 0.1) is 0 Å². The van der Waals surface area contributed by atoms with Crippen molar-refractivity contribution in [1.29, 1.82) is 0 Å². The fourth-order valence-corrected chi connectivity index (χ4v) is 3.38. The highest BCUT2D eigenvalue weighted by Crippen LogP contribution is 2.23. The summed E-state index contributed by atoms with van der Waals surface area (Å²) in [6.07, 6.45) is 2.05. The molecular formula is C24H21ClN4S. The highest BCUT2D eigenvalue weighted by molar-refractivity contribution is 7.80. The van der Waals surface area contributed by atoms with Gasteiger partial charge in [-0.2, -0.15) is 5.10 Å². The maximum atomic E-state index is 5.94. The van der Waals surface area contributed by atoms with Crippen molar-refractivity contribution in [2.45, 2.75) is 13.1 Å². The van der Waals surface area contributed by atoms with Crippen molar-refractivity contribution in [1.82, 2.24) is 20.4 Å². The fourth-order valence-electron chi connectivity index (χ4n) is 3.11. The number of nitrogens with one attached hydrogen (secondary N) is 2. The zero-order valence-electron chi connectivity index (χ0n) is 16.3. The monoisotopic (exact) mass is 432 g/mol. The number of halogens is 1. The van der Waals surface area contributed by atoms with Crippen molar-refractivity contribution in [2.75, 3.05) is 0 Å². The van der Waals surface area contributed by atoms with Gasteiger partial charge in [0.05, 0.1) is 11.4 Å². The third-order valence-electron chi connectivity index (χ3n) is 4.66. The van der Waals surface area contributed by atoms with E-state index < -0.39 is 0 Å². The number of hydrogen-bond acceptors (Lipinski definition) is 2. The van der Waals surface area contributed by atoms with Crippen molar-refractivity contribution < 1.29 is 0 Å². The van der Waals surface area contributed by atoms with Gasteiger partial charge in [0, 0.05) is 35.4 Å². The molecule has 4 nitrogen and oxygen atoms in total. The lowest BCUT2D eigenvalue weighted by molar-refractivity contribution is 0.832. The molecule has 0 saturated heterocycles. The van der Waals surface area contributed by atoms with Crippen molar-refractivity contribution in [2.24, 2.45) is 0 Å². The predicted molar refractivity (Wildman–Crippen MR) is 127 cm³/mol. The van der Waals surface area contributed by atoms with Crippen LogP contribution in [0.5, 0.6) is 0 Å². The molecule has 0 aliphatic carbocycles. The quantitative estimate of drug-likeness (QED) is 0.402. The molecule has 1 aromatic heterocycles. The molecule has 0 spiro atoms. The zero-order chi connectivity index (χ0) is 20.8. The van der Waals surface area contributed by atoms with Gasteiger partial charge in [-0.3, -0.25) is 0 Å². The molecule has 0 saturated carbocycles.